The van der Waals surface area contributed by atoms with Crippen LogP contribution in [0.5, 0.6) is 0 Å². The summed E-state index contributed by atoms with van der Waals surface area (Å²) in [6.07, 6.45) is 1.12. The third kappa shape index (κ3) is 4.77. The van der Waals surface area contributed by atoms with Gasteiger partial charge in [-0.25, -0.2) is 0 Å². The van der Waals surface area contributed by atoms with E-state index in [1.165, 1.54) is 0 Å². The third-order valence-corrected chi connectivity index (χ3v) is 3.53. The van der Waals surface area contributed by atoms with Crippen molar-refractivity contribution in [2.75, 3.05) is 5.32 Å². The van der Waals surface area contributed by atoms with Gasteiger partial charge in [0.15, 0.2) is 0 Å². The Morgan fingerprint density at radius 3 is 2.41 bits per heavy atom. The number of carbonyl (C=O) groups excluding carboxylic acids is 1. The van der Waals surface area contributed by atoms with Gasteiger partial charge in [0.05, 0.1) is 5.69 Å². The summed E-state index contributed by atoms with van der Waals surface area (Å²) in [6.45, 7) is 3.89. The molecule has 0 heterocycles. The van der Waals surface area contributed by atoms with Gasteiger partial charge in [-0.05, 0) is 69.8 Å². The normalized spacial score (nSPS) is 12.3. The highest BCUT2D eigenvalue weighted by Crippen LogP contribution is 2.32. The highest BCUT2D eigenvalue weighted by molar-refractivity contribution is 9.11. The minimum Gasteiger partial charge on any atom is -0.328 e. The molecule has 3 N–H and O–H groups in total. The summed E-state index contributed by atoms with van der Waals surface area (Å²) >= 11 is 6.87. The van der Waals surface area contributed by atoms with E-state index in [0.29, 0.717) is 12.8 Å². The van der Waals surface area contributed by atoms with Gasteiger partial charge in [-0.15, -0.1) is 0 Å². The number of rotatable bonds is 4. The summed E-state index contributed by atoms with van der Waals surface area (Å²) in [5.41, 5.74) is 7.51. The van der Waals surface area contributed by atoms with Gasteiger partial charge in [-0.2, -0.15) is 0 Å². The van der Waals surface area contributed by atoms with E-state index in [1.807, 2.05) is 26.0 Å². The van der Waals surface area contributed by atoms with Crippen LogP contribution in [0.25, 0.3) is 0 Å². The molecule has 5 heteroatoms. The number of halogens is 2. The molecule has 1 rings (SSSR count). The van der Waals surface area contributed by atoms with Crippen LogP contribution >= 0.6 is 31.9 Å². The second-order valence-corrected chi connectivity index (χ2v) is 5.88. The number of carbonyl (C=O) groups is 1. The molecule has 0 saturated heterocycles. The first kappa shape index (κ1) is 14.7. The van der Waals surface area contributed by atoms with Gasteiger partial charge in [-0.3, -0.25) is 4.79 Å². The topological polar surface area (TPSA) is 55.1 Å². The van der Waals surface area contributed by atoms with E-state index in [2.05, 4.69) is 37.2 Å². The zero-order chi connectivity index (χ0) is 13.0. The van der Waals surface area contributed by atoms with E-state index >= 15 is 0 Å². The molecule has 3 nitrogen and oxygen atoms in total. The minimum absolute atomic E-state index is 0.0208. The molecule has 0 radical (unpaired) electrons. The highest BCUT2D eigenvalue weighted by Gasteiger charge is 2.10. The average Bonchev–Trinajstić information content (AvgIpc) is 2.20. The molecule has 0 aromatic heterocycles. The number of hydrogen-bond acceptors (Lipinski definition) is 2. The van der Waals surface area contributed by atoms with Crippen molar-refractivity contribution in [2.24, 2.45) is 5.73 Å². The van der Waals surface area contributed by atoms with Gasteiger partial charge in [0.2, 0.25) is 5.91 Å². The van der Waals surface area contributed by atoms with Crippen molar-refractivity contribution >= 4 is 43.5 Å². The van der Waals surface area contributed by atoms with E-state index in [0.717, 1.165) is 20.2 Å². The van der Waals surface area contributed by atoms with Gasteiger partial charge >= 0.3 is 0 Å². The van der Waals surface area contributed by atoms with E-state index in [9.17, 15) is 4.79 Å². The quantitative estimate of drug-likeness (QED) is 0.858. The van der Waals surface area contributed by atoms with Gasteiger partial charge in [0, 0.05) is 21.4 Å². The number of nitrogens with one attached hydrogen (secondary N) is 1. The van der Waals surface area contributed by atoms with Gasteiger partial charge in [0.1, 0.15) is 0 Å². The Labute approximate surface area is 118 Å². The van der Waals surface area contributed by atoms with Crippen LogP contribution < -0.4 is 11.1 Å². The Kier molecular flexibility index (Phi) is 5.62. The second-order valence-electron chi connectivity index (χ2n) is 4.17. The van der Waals surface area contributed by atoms with Gasteiger partial charge in [-0.1, -0.05) is 0 Å². The first-order valence-electron chi connectivity index (χ1n) is 5.41. The predicted molar refractivity (Wildman–Crippen MR) is 78.1 cm³/mol. The van der Waals surface area contributed by atoms with Crippen molar-refractivity contribution in [3.63, 3.8) is 0 Å². The highest BCUT2D eigenvalue weighted by atomic mass is 79.9. The molecule has 0 fully saturated rings. The monoisotopic (exact) mass is 362 g/mol. The fraction of sp³-hybridized carbons (Fsp3) is 0.417. The lowest BCUT2D eigenvalue weighted by Crippen LogP contribution is -2.19. The number of aryl methyl sites for hydroxylation is 1. The molecule has 1 amide bonds. The lowest BCUT2D eigenvalue weighted by Gasteiger charge is -2.11. The SMILES string of the molecule is Cc1cc(Br)c(NC(=O)CCC(C)N)c(Br)c1. The lowest BCUT2D eigenvalue weighted by atomic mass is 10.2. The van der Waals surface area contributed by atoms with Crippen LogP contribution in [0.3, 0.4) is 0 Å². The first-order chi connectivity index (χ1) is 7.90. The van der Waals surface area contributed by atoms with Crippen molar-refractivity contribution in [2.45, 2.75) is 32.7 Å². The molecule has 0 saturated carbocycles. The lowest BCUT2D eigenvalue weighted by molar-refractivity contribution is -0.116. The Morgan fingerprint density at radius 1 is 1.41 bits per heavy atom. The van der Waals surface area contributed by atoms with Crippen LogP contribution in [0.1, 0.15) is 25.3 Å². The summed E-state index contributed by atoms with van der Waals surface area (Å²) in [7, 11) is 0. The molecule has 0 aliphatic rings. The van der Waals surface area contributed by atoms with Crippen LogP contribution in [0, 0.1) is 6.92 Å². The third-order valence-electron chi connectivity index (χ3n) is 2.28. The first-order valence-corrected chi connectivity index (χ1v) is 7.00. The summed E-state index contributed by atoms with van der Waals surface area (Å²) in [5, 5.41) is 2.87. The fourth-order valence-electron chi connectivity index (χ4n) is 1.38. The number of nitrogens with two attached hydrogens (primary N) is 1. The smallest absolute Gasteiger partial charge is 0.224 e. The number of hydrogen-bond donors (Lipinski definition) is 2. The Hall–Kier alpha value is -0.390. The Morgan fingerprint density at radius 2 is 1.94 bits per heavy atom. The van der Waals surface area contributed by atoms with Crippen LogP contribution in [-0.4, -0.2) is 11.9 Å². The van der Waals surface area contributed by atoms with Gasteiger partial charge < -0.3 is 11.1 Å². The Bertz CT molecular complexity index is 396. The zero-order valence-electron chi connectivity index (χ0n) is 9.89. The minimum atomic E-state index is -0.0208. The molecule has 1 aromatic rings. The standard InChI is InChI=1S/C12H16Br2N2O/c1-7-5-9(13)12(10(14)6-7)16-11(17)4-3-8(2)15/h5-6,8H,3-4,15H2,1-2H3,(H,16,17). The van der Waals surface area contributed by atoms with Crippen LogP contribution in [0.2, 0.25) is 0 Å². The molecule has 94 valence electrons. The van der Waals surface area contributed by atoms with E-state index < -0.39 is 0 Å². The molecule has 1 atom stereocenters. The maximum atomic E-state index is 11.7. The van der Waals surface area contributed by atoms with Crippen molar-refractivity contribution in [3.05, 3.63) is 26.6 Å². The maximum absolute atomic E-state index is 11.7. The number of anilines is 1. The molecular formula is C12H16Br2N2O. The van der Waals surface area contributed by atoms with E-state index in [-0.39, 0.29) is 11.9 Å². The van der Waals surface area contributed by atoms with Gasteiger partial charge in [0.25, 0.3) is 0 Å². The molecule has 17 heavy (non-hydrogen) atoms. The van der Waals surface area contributed by atoms with E-state index in [1.54, 1.807) is 0 Å². The molecule has 0 aliphatic heterocycles. The Balaban J connectivity index is 2.72. The zero-order valence-corrected chi connectivity index (χ0v) is 13.1. The summed E-state index contributed by atoms with van der Waals surface area (Å²) in [6, 6.07) is 3.98. The molecular weight excluding hydrogens is 348 g/mol. The molecule has 1 aromatic carbocycles. The predicted octanol–water partition coefficient (Wildman–Crippen LogP) is 3.59. The molecule has 0 bridgehead atoms. The molecule has 1 unspecified atom stereocenters. The number of amides is 1. The molecule has 0 spiro atoms. The van der Waals surface area contributed by atoms with Crippen molar-refractivity contribution in [1.29, 1.82) is 0 Å². The summed E-state index contributed by atoms with van der Waals surface area (Å²) < 4.78 is 1.75. The van der Waals surface area contributed by atoms with Crippen molar-refractivity contribution < 1.29 is 4.79 Å². The summed E-state index contributed by atoms with van der Waals surface area (Å²) in [4.78, 5) is 11.7. The van der Waals surface area contributed by atoms with Crippen LogP contribution in [0.15, 0.2) is 21.1 Å². The van der Waals surface area contributed by atoms with Crippen molar-refractivity contribution in [1.82, 2.24) is 0 Å². The average molecular weight is 364 g/mol. The van der Waals surface area contributed by atoms with Crippen molar-refractivity contribution in [3.8, 4) is 0 Å². The fourth-order valence-corrected chi connectivity index (χ4v) is 2.99. The molecule has 0 aliphatic carbocycles. The number of benzene rings is 1. The van der Waals surface area contributed by atoms with Crippen LogP contribution in [-0.2, 0) is 4.79 Å². The van der Waals surface area contributed by atoms with Crippen LogP contribution in [0.4, 0.5) is 5.69 Å². The maximum Gasteiger partial charge on any atom is 0.224 e. The largest absolute Gasteiger partial charge is 0.328 e. The summed E-state index contributed by atoms with van der Waals surface area (Å²) in [5.74, 6) is -0.0208. The van der Waals surface area contributed by atoms with E-state index in [4.69, 9.17) is 5.73 Å². The second kappa shape index (κ2) is 6.52.